The standard InChI is InChI=1S/C16H21FN2S2/c1-16(2,3)15-13(9-18-4)21-14(19-15)10-20-12-8-6-5-7-11(12)17/h5-8,18H,9-10H2,1-4H3. The lowest BCUT2D eigenvalue weighted by Gasteiger charge is -2.17. The van der Waals surface area contributed by atoms with E-state index in [4.69, 9.17) is 4.98 Å². The van der Waals surface area contributed by atoms with E-state index in [1.54, 1.807) is 17.4 Å². The molecule has 0 aliphatic rings. The first-order valence-electron chi connectivity index (χ1n) is 6.93. The minimum Gasteiger partial charge on any atom is -0.315 e. The van der Waals surface area contributed by atoms with Crippen LogP contribution >= 0.6 is 23.1 Å². The van der Waals surface area contributed by atoms with Gasteiger partial charge in [0, 0.05) is 21.7 Å². The van der Waals surface area contributed by atoms with Gasteiger partial charge in [0.25, 0.3) is 0 Å². The van der Waals surface area contributed by atoms with Crippen molar-refractivity contribution in [3.05, 3.63) is 45.7 Å². The number of benzene rings is 1. The highest BCUT2D eigenvalue weighted by Crippen LogP contribution is 2.33. The van der Waals surface area contributed by atoms with Crippen LogP contribution in [-0.2, 0) is 17.7 Å². The molecule has 114 valence electrons. The van der Waals surface area contributed by atoms with Crippen molar-refractivity contribution in [2.45, 2.75) is 43.4 Å². The van der Waals surface area contributed by atoms with Gasteiger partial charge in [0.15, 0.2) is 0 Å². The summed E-state index contributed by atoms with van der Waals surface area (Å²) in [6.45, 7) is 7.35. The van der Waals surface area contributed by atoms with Crippen LogP contribution in [0.2, 0.25) is 0 Å². The van der Waals surface area contributed by atoms with Crippen molar-refractivity contribution in [2.75, 3.05) is 7.05 Å². The first-order valence-corrected chi connectivity index (χ1v) is 8.73. The third-order valence-corrected chi connectivity index (χ3v) is 5.28. The average Bonchev–Trinajstić information content (AvgIpc) is 2.81. The van der Waals surface area contributed by atoms with Gasteiger partial charge in [0.05, 0.1) is 11.4 Å². The number of hydrogen-bond acceptors (Lipinski definition) is 4. The van der Waals surface area contributed by atoms with E-state index in [2.05, 4.69) is 26.1 Å². The van der Waals surface area contributed by atoms with Crippen LogP contribution in [0.5, 0.6) is 0 Å². The Balaban J connectivity index is 2.16. The van der Waals surface area contributed by atoms with Crippen molar-refractivity contribution < 1.29 is 4.39 Å². The van der Waals surface area contributed by atoms with Gasteiger partial charge in [0.1, 0.15) is 10.8 Å². The fraction of sp³-hybridized carbons (Fsp3) is 0.438. The molecule has 0 amide bonds. The fourth-order valence-corrected chi connectivity index (χ4v) is 4.25. The molecule has 21 heavy (non-hydrogen) atoms. The quantitative estimate of drug-likeness (QED) is 0.814. The van der Waals surface area contributed by atoms with E-state index in [1.165, 1.54) is 22.7 Å². The molecule has 1 N–H and O–H groups in total. The Morgan fingerprint density at radius 2 is 2.00 bits per heavy atom. The van der Waals surface area contributed by atoms with E-state index in [9.17, 15) is 4.39 Å². The predicted octanol–water partition coefficient (Wildman–Crippen LogP) is 4.59. The van der Waals surface area contributed by atoms with Crippen molar-refractivity contribution in [2.24, 2.45) is 0 Å². The SMILES string of the molecule is CNCc1sc(CSc2ccccc2F)nc1C(C)(C)C. The van der Waals surface area contributed by atoms with Crippen LogP contribution < -0.4 is 5.32 Å². The molecule has 2 aromatic rings. The van der Waals surface area contributed by atoms with Crippen LogP contribution in [0, 0.1) is 5.82 Å². The summed E-state index contributed by atoms with van der Waals surface area (Å²) in [5.41, 5.74) is 1.18. The highest BCUT2D eigenvalue weighted by molar-refractivity contribution is 7.98. The first kappa shape index (κ1) is 16.5. The van der Waals surface area contributed by atoms with E-state index < -0.39 is 0 Å². The molecule has 1 aromatic heterocycles. The predicted molar refractivity (Wildman–Crippen MR) is 89.5 cm³/mol. The lowest BCUT2D eigenvalue weighted by Crippen LogP contribution is -2.16. The third kappa shape index (κ3) is 4.28. The first-order chi connectivity index (χ1) is 9.91. The molecule has 0 spiro atoms. The largest absolute Gasteiger partial charge is 0.315 e. The van der Waals surface area contributed by atoms with Crippen LogP contribution in [0.4, 0.5) is 4.39 Å². The summed E-state index contributed by atoms with van der Waals surface area (Å²) < 4.78 is 13.6. The summed E-state index contributed by atoms with van der Waals surface area (Å²) in [5.74, 6) is 0.545. The monoisotopic (exact) mass is 324 g/mol. The maximum absolute atomic E-state index is 13.6. The normalized spacial score (nSPS) is 11.9. The van der Waals surface area contributed by atoms with Gasteiger partial charge < -0.3 is 5.32 Å². The molecule has 1 heterocycles. The van der Waals surface area contributed by atoms with Gasteiger partial charge in [0.2, 0.25) is 0 Å². The van der Waals surface area contributed by atoms with Gasteiger partial charge in [-0.05, 0) is 19.2 Å². The summed E-state index contributed by atoms with van der Waals surface area (Å²) in [6, 6.07) is 6.88. The number of hydrogen-bond donors (Lipinski definition) is 1. The van der Waals surface area contributed by atoms with E-state index in [0.29, 0.717) is 10.6 Å². The number of thiazole rings is 1. The van der Waals surface area contributed by atoms with E-state index in [-0.39, 0.29) is 11.2 Å². The second-order valence-corrected chi connectivity index (χ2v) is 8.06. The Kier molecular flexibility index (Phi) is 5.41. The summed E-state index contributed by atoms with van der Waals surface area (Å²) in [7, 11) is 1.94. The van der Waals surface area contributed by atoms with Crippen molar-refractivity contribution in [3.8, 4) is 0 Å². The molecule has 0 saturated heterocycles. The Morgan fingerprint density at radius 1 is 1.29 bits per heavy atom. The van der Waals surface area contributed by atoms with Crippen LogP contribution in [0.1, 0.15) is 36.3 Å². The van der Waals surface area contributed by atoms with Crippen LogP contribution in [0.3, 0.4) is 0 Å². The molecule has 1 aromatic carbocycles. The van der Waals surface area contributed by atoms with Crippen molar-refractivity contribution >= 4 is 23.1 Å². The number of nitrogens with one attached hydrogen (secondary N) is 1. The minimum atomic E-state index is -0.162. The molecule has 0 bridgehead atoms. The van der Waals surface area contributed by atoms with Crippen LogP contribution in [0.15, 0.2) is 29.2 Å². The summed E-state index contributed by atoms with van der Waals surface area (Å²) in [6.07, 6.45) is 0. The van der Waals surface area contributed by atoms with E-state index in [0.717, 1.165) is 17.2 Å². The summed E-state index contributed by atoms with van der Waals surface area (Å²) in [5, 5.41) is 4.25. The Hall–Kier alpha value is -0.910. The number of nitrogens with zero attached hydrogens (tertiary/aromatic N) is 1. The van der Waals surface area contributed by atoms with Crippen LogP contribution in [0.25, 0.3) is 0 Å². The van der Waals surface area contributed by atoms with Gasteiger partial charge in [-0.1, -0.05) is 32.9 Å². The Morgan fingerprint density at radius 3 is 2.62 bits per heavy atom. The lowest BCUT2D eigenvalue weighted by atomic mass is 9.91. The van der Waals surface area contributed by atoms with Gasteiger partial charge in [-0.3, -0.25) is 0 Å². The molecule has 0 fully saturated rings. The third-order valence-electron chi connectivity index (χ3n) is 2.98. The minimum absolute atomic E-state index is 0.0313. The number of halogens is 1. The summed E-state index contributed by atoms with van der Waals surface area (Å²) in [4.78, 5) is 6.73. The summed E-state index contributed by atoms with van der Waals surface area (Å²) >= 11 is 3.22. The Labute approximate surface area is 134 Å². The van der Waals surface area contributed by atoms with E-state index >= 15 is 0 Å². The second kappa shape index (κ2) is 6.90. The zero-order valence-corrected chi connectivity index (χ0v) is 14.5. The molecule has 0 saturated carbocycles. The Bertz CT molecular complexity index is 603. The molecule has 2 rings (SSSR count). The molecule has 5 heteroatoms. The zero-order chi connectivity index (χ0) is 15.5. The van der Waals surface area contributed by atoms with Gasteiger partial charge in [-0.2, -0.15) is 0 Å². The highest BCUT2D eigenvalue weighted by Gasteiger charge is 2.22. The molecule has 0 aliphatic carbocycles. The molecule has 0 unspecified atom stereocenters. The van der Waals surface area contributed by atoms with E-state index in [1.807, 2.05) is 19.2 Å². The second-order valence-electron chi connectivity index (χ2n) is 5.88. The maximum Gasteiger partial charge on any atom is 0.136 e. The van der Waals surface area contributed by atoms with Crippen molar-refractivity contribution in [1.82, 2.24) is 10.3 Å². The molecular formula is C16H21FN2S2. The van der Waals surface area contributed by atoms with Gasteiger partial charge >= 0.3 is 0 Å². The smallest absolute Gasteiger partial charge is 0.136 e. The van der Waals surface area contributed by atoms with Crippen molar-refractivity contribution in [1.29, 1.82) is 0 Å². The average molecular weight is 324 g/mol. The molecule has 0 atom stereocenters. The lowest BCUT2D eigenvalue weighted by molar-refractivity contribution is 0.562. The number of thioether (sulfide) groups is 1. The zero-order valence-electron chi connectivity index (χ0n) is 12.9. The fourth-order valence-electron chi connectivity index (χ4n) is 2.03. The van der Waals surface area contributed by atoms with Crippen LogP contribution in [-0.4, -0.2) is 12.0 Å². The molecule has 0 aliphatic heterocycles. The maximum atomic E-state index is 13.6. The topological polar surface area (TPSA) is 24.9 Å². The molecule has 0 radical (unpaired) electrons. The number of rotatable bonds is 5. The molecular weight excluding hydrogens is 303 g/mol. The van der Waals surface area contributed by atoms with Gasteiger partial charge in [-0.25, -0.2) is 9.37 Å². The van der Waals surface area contributed by atoms with Crippen molar-refractivity contribution in [3.63, 3.8) is 0 Å². The highest BCUT2D eigenvalue weighted by atomic mass is 32.2. The molecule has 2 nitrogen and oxygen atoms in total. The number of aromatic nitrogens is 1. The van der Waals surface area contributed by atoms with Gasteiger partial charge in [-0.15, -0.1) is 23.1 Å².